The van der Waals surface area contributed by atoms with E-state index in [9.17, 15) is 21.6 Å². The molecule has 9 nitrogen and oxygen atoms in total. The van der Waals surface area contributed by atoms with Crippen molar-refractivity contribution >= 4 is 53.8 Å². The van der Waals surface area contributed by atoms with Crippen LogP contribution in [0.1, 0.15) is 27.0 Å². The first kappa shape index (κ1) is 26.3. The molecule has 0 aliphatic heterocycles. The van der Waals surface area contributed by atoms with E-state index >= 15 is 0 Å². The molecule has 3 aromatic carbocycles. The predicted octanol–water partition coefficient (Wildman–Crippen LogP) is 4.92. The van der Waals surface area contributed by atoms with Crippen molar-refractivity contribution in [1.29, 1.82) is 0 Å². The van der Waals surface area contributed by atoms with Crippen molar-refractivity contribution in [3.8, 4) is 0 Å². The zero-order chi connectivity index (χ0) is 26.8. The molecule has 12 heteroatoms. The van der Waals surface area contributed by atoms with Crippen molar-refractivity contribution in [1.82, 2.24) is 4.98 Å². The fourth-order valence-corrected chi connectivity index (χ4v) is 6.72. The van der Waals surface area contributed by atoms with Gasteiger partial charge in [0.15, 0.2) is 5.13 Å². The maximum Gasteiger partial charge on any atom is 0.263 e. The zero-order valence-electron chi connectivity index (χ0n) is 20.1. The molecule has 192 valence electrons. The minimum Gasteiger partial charge on any atom is -0.322 e. The smallest absolute Gasteiger partial charge is 0.263 e. The van der Waals surface area contributed by atoms with Crippen molar-refractivity contribution < 1.29 is 21.6 Å². The normalized spacial score (nSPS) is 11.6. The third-order valence-electron chi connectivity index (χ3n) is 5.44. The molecule has 0 spiro atoms. The summed E-state index contributed by atoms with van der Waals surface area (Å²) < 4.78 is 56.2. The first-order valence-corrected chi connectivity index (χ1v) is 14.8. The molecule has 1 heterocycles. The Labute approximate surface area is 219 Å². The number of sulfonamides is 2. The molecule has 0 saturated heterocycles. The lowest BCUT2D eigenvalue weighted by Gasteiger charge is -2.14. The van der Waals surface area contributed by atoms with Gasteiger partial charge in [0.2, 0.25) is 0 Å². The minimum atomic E-state index is -3.96. The van der Waals surface area contributed by atoms with E-state index in [0.717, 1.165) is 22.5 Å². The van der Waals surface area contributed by atoms with E-state index in [0.29, 0.717) is 16.9 Å². The summed E-state index contributed by atoms with van der Waals surface area (Å²) in [5.41, 5.74) is 3.21. The zero-order valence-corrected chi connectivity index (χ0v) is 22.6. The Hall–Kier alpha value is -3.74. The molecule has 0 bridgehead atoms. The fraction of sp³-hybridized carbons (Fsp3) is 0.120. The van der Waals surface area contributed by atoms with E-state index in [1.54, 1.807) is 24.4 Å². The molecule has 4 rings (SSSR count). The molecule has 0 aliphatic carbocycles. The maximum absolute atomic E-state index is 13.1. The van der Waals surface area contributed by atoms with Gasteiger partial charge in [0.05, 0.1) is 15.5 Å². The van der Waals surface area contributed by atoms with Crippen LogP contribution in [0, 0.1) is 20.8 Å². The molecule has 0 aliphatic rings. The van der Waals surface area contributed by atoms with Crippen LogP contribution in [-0.4, -0.2) is 27.7 Å². The number of anilines is 3. The average molecular weight is 557 g/mol. The number of carbonyl (C=O) groups excluding carboxylic acids is 1. The Morgan fingerprint density at radius 2 is 1.54 bits per heavy atom. The van der Waals surface area contributed by atoms with Gasteiger partial charge < -0.3 is 5.32 Å². The van der Waals surface area contributed by atoms with E-state index in [2.05, 4.69) is 19.7 Å². The molecule has 37 heavy (non-hydrogen) atoms. The molecule has 0 atom stereocenters. The highest BCUT2D eigenvalue weighted by Crippen LogP contribution is 2.25. The van der Waals surface area contributed by atoms with Gasteiger partial charge in [0, 0.05) is 22.8 Å². The van der Waals surface area contributed by atoms with Crippen molar-refractivity contribution in [2.24, 2.45) is 0 Å². The van der Waals surface area contributed by atoms with Gasteiger partial charge in [-0.2, -0.15) is 0 Å². The third kappa shape index (κ3) is 6.16. The number of carbonyl (C=O) groups is 1. The van der Waals surface area contributed by atoms with Gasteiger partial charge in [-0.25, -0.2) is 21.8 Å². The average Bonchev–Trinajstić information content (AvgIpc) is 3.33. The molecule has 1 aromatic heterocycles. The van der Waals surface area contributed by atoms with Gasteiger partial charge >= 0.3 is 0 Å². The van der Waals surface area contributed by atoms with Crippen LogP contribution < -0.4 is 14.8 Å². The molecule has 3 N–H and O–H groups in total. The summed E-state index contributed by atoms with van der Waals surface area (Å²) in [4.78, 5) is 16.8. The second kappa shape index (κ2) is 10.3. The molecule has 0 unspecified atom stereocenters. The molecule has 4 aromatic rings. The standard InChI is InChI=1S/C25H24N4O5S3/c1-16-4-11-22(18(3)14-16)28-37(33,34)23-15-19(6-5-17(23)2)24(30)27-20-7-9-21(10-8-20)36(31,32)29-25-26-12-13-35-25/h4-15,28H,1-3H3,(H,26,29)(H,27,30). The molecule has 0 fully saturated rings. The van der Waals surface area contributed by atoms with E-state index in [4.69, 9.17) is 0 Å². The Morgan fingerprint density at radius 1 is 0.811 bits per heavy atom. The van der Waals surface area contributed by atoms with E-state index in [1.165, 1.54) is 42.6 Å². The molecular formula is C25H24N4O5S3. The van der Waals surface area contributed by atoms with Crippen LogP contribution in [0.3, 0.4) is 0 Å². The SMILES string of the molecule is Cc1ccc(NS(=O)(=O)c2cc(C(=O)Nc3ccc(S(=O)(=O)Nc4nccs4)cc3)ccc2C)c(C)c1. The quantitative estimate of drug-likeness (QED) is 0.282. The van der Waals surface area contributed by atoms with Crippen molar-refractivity contribution in [3.63, 3.8) is 0 Å². The van der Waals surface area contributed by atoms with Gasteiger partial charge in [-0.1, -0.05) is 23.8 Å². The van der Waals surface area contributed by atoms with Gasteiger partial charge in [-0.3, -0.25) is 14.2 Å². The van der Waals surface area contributed by atoms with Crippen molar-refractivity contribution in [2.75, 3.05) is 14.8 Å². The highest BCUT2D eigenvalue weighted by Gasteiger charge is 2.21. The van der Waals surface area contributed by atoms with Crippen LogP contribution in [0.15, 0.2) is 82.0 Å². The third-order valence-corrected chi connectivity index (χ3v) is 9.12. The maximum atomic E-state index is 13.1. The topological polar surface area (TPSA) is 134 Å². The summed E-state index contributed by atoms with van der Waals surface area (Å²) in [5, 5.41) is 4.56. The summed E-state index contributed by atoms with van der Waals surface area (Å²) in [6.07, 6.45) is 1.49. The van der Waals surface area contributed by atoms with Crippen molar-refractivity contribution in [2.45, 2.75) is 30.6 Å². The molecule has 0 saturated carbocycles. The summed E-state index contributed by atoms with van der Waals surface area (Å²) in [6, 6.07) is 15.4. The molecule has 0 radical (unpaired) electrons. The Morgan fingerprint density at radius 3 is 2.19 bits per heavy atom. The van der Waals surface area contributed by atoms with Gasteiger partial charge in [0.25, 0.3) is 26.0 Å². The first-order valence-electron chi connectivity index (χ1n) is 11.0. The van der Waals surface area contributed by atoms with Gasteiger partial charge in [0.1, 0.15) is 0 Å². The van der Waals surface area contributed by atoms with Crippen LogP contribution in [-0.2, 0) is 20.0 Å². The monoisotopic (exact) mass is 556 g/mol. The molecular weight excluding hydrogens is 532 g/mol. The first-order chi connectivity index (χ1) is 17.4. The summed E-state index contributed by atoms with van der Waals surface area (Å²) in [6.45, 7) is 5.38. The number of aryl methyl sites for hydroxylation is 3. The number of aromatic nitrogens is 1. The lowest BCUT2D eigenvalue weighted by Crippen LogP contribution is -2.17. The number of hydrogen-bond donors (Lipinski definition) is 3. The Balaban J connectivity index is 1.51. The lowest BCUT2D eigenvalue weighted by molar-refractivity contribution is 0.102. The lowest BCUT2D eigenvalue weighted by atomic mass is 10.1. The van der Waals surface area contributed by atoms with Crippen molar-refractivity contribution in [3.05, 3.63) is 94.5 Å². The van der Waals surface area contributed by atoms with Gasteiger partial charge in [-0.05, 0) is 74.4 Å². The second-order valence-corrected chi connectivity index (χ2v) is 12.6. The number of amides is 1. The van der Waals surface area contributed by atoms with Crippen LogP contribution in [0.5, 0.6) is 0 Å². The summed E-state index contributed by atoms with van der Waals surface area (Å²) in [5.74, 6) is -0.542. The number of nitrogens with zero attached hydrogens (tertiary/aromatic N) is 1. The Kier molecular flexibility index (Phi) is 7.35. The van der Waals surface area contributed by atoms with E-state index in [-0.39, 0.29) is 20.5 Å². The minimum absolute atomic E-state index is 0.00175. The molecule has 1 amide bonds. The van der Waals surface area contributed by atoms with E-state index < -0.39 is 26.0 Å². The highest BCUT2D eigenvalue weighted by molar-refractivity contribution is 7.93. The summed E-state index contributed by atoms with van der Waals surface area (Å²) in [7, 11) is -7.79. The number of rotatable bonds is 8. The van der Waals surface area contributed by atoms with E-state index in [1.807, 2.05) is 26.0 Å². The fourth-order valence-electron chi connectivity index (χ4n) is 3.53. The second-order valence-electron chi connectivity index (χ2n) is 8.33. The predicted molar refractivity (Wildman–Crippen MR) is 145 cm³/mol. The number of nitrogens with one attached hydrogen (secondary N) is 3. The van der Waals surface area contributed by atoms with Crippen LogP contribution >= 0.6 is 11.3 Å². The summed E-state index contributed by atoms with van der Waals surface area (Å²) >= 11 is 1.15. The number of hydrogen-bond acceptors (Lipinski definition) is 7. The van der Waals surface area contributed by atoms with Crippen LogP contribution in [0.2, 0.25) is 0 Å². The van der Waals surface area contributed by atoms with Gasteiger partial charge in [-0.15, -0.1) is 11.3 Å². The Bertz CT molecular complexity index is 1670. The largest absolute Gasteiger partial charge is 0.322 e. The van der Waals surface area contributed by atoms with Crippen LogP contribution in [0.25, 0.3) is 0 Å². The number of benzene rings is 3. The highest BCUT2D eigenvalue weighted by atomic mass is 32.2. The van der Waals surface area contributed by atoms with Crippen LogP contribution in [0.4, 0.5) is 16.5 Å². The number of thiazole rings is 1.